The monoisotopic (exact) mass is 372 g/mol. The lowest BCUT2D eigenvalue weighted by Gasteiger charge is -1.94. The molecular formula is C23H36N2O2. The van der Waals surface area contributed by atoms with Crippen molar-refractivity contribution in [2.24, 2.45) is 10.9 Å². The molecule has 4 nitrogen and oxygen atoms in total. The molecule has 1 aromatic carbocycles. The number of hydrogen-bond donors (Lipinski definition) is 1. The van der Waals surface area contributed by atoms with Gasteiger partial charge in [0, 0.05) is 7.05 Å². The van der Waals surface area contributed by atoms with Crippen molar-refractivity contribution >= 4 is 12.5 Å². The number of benzene rings is 1. The van der Waals surface area contributed by atoms with Gasteiger partial charge in [-0.1, -0.05) is 75.2 Å². The number of hydrogen-bond acceptors (Lipinski definition) is 4. The predicted molar refractivity (Wildman–Crippen MR) is 119 cm³/mol. The molecule has 0 heterocycles. The highest BCUT2D eigenvalue weighted by Crippen LogP contribution is 1.92. The van der Waals surface area contributed by atoms with Gasteiger partial charge in [0.05, 0.1) is 18.7 Å². The summed E-state index contributed by atoms with van der Waals surface area (Å²) in [4.78, 5) is 18.6. The van der Waals surface area contributed by atoms with Gasteiger partial charge in [0.2, 0.25) is 0 Å². The van der Waals surface area contributed by atoms with Crippen LogP contribution in [0.3, 0.4) is 0 Å². The number of aliphatic imine (C=N–C) groups is 1. The van der Waals surface area contributed by atoms with Crippen molar-refractivity contribution in [1.29, 1.82) is 0 Å². The van der Waals surface area contributed by atoms with E-state index in [1.165, 1.54) is 17.7 Å². The molecule has 0 aliphatic carbocycles. The number of nitrogens with one attached hydrogen (secondary N) is 1. The highest BCUT2D eigenvalue weighted by molar-refractivity contribution is 5.80. The molecule has 0 fully saturated rings. The fraction of sp³-hybridized carbons (Fsp3) is 0.391. The quantitative estimate of drug-likeness (QED) is 0.148. The van der Waals surface area contributed by atoms with Gasteiger partial charge >= 0.3 is 0 Å². The van der Waals surface area contributed by atoms with Gasteiger partial charge < -0.3 is 4.84 Å². The molecule has 1 aromatic rings. The molecular weight excluding hydrogens is 336 g/mol. The molecule has 4 heteroatoms. The first-order valence-corrected chi connectivity index (χ1v) is 8.88. The van der Waals surface area contributed by atoms with E-state index in [9.17, 15) is 4.79 Å². The maximum absolute atomic E-state index is 9.87. The summed E-state index contributed by atoms with van der Waals surface area (Å²) in [7, 11) is 1.73. The third kappa shape index (κ3) is 35.5. The number of carbonyl (C=O) groups excluding carboxylic acids is 1. The van der Waals surface area contributed by atoms with Crippen LogP contribution in [-0.2, 0) is 9.63 Å². The van der Waals surface area contributed by atoms with Crippen molar-refractivity contribution in [3.8, 4) is 12.3 Å². The van der Waals surface area contributed by atoms with Gasteiger partial charge in [-0.25, -0.2) is 5.48 Å². The number of hydroxylamine groups is 1. The van der Waals surface area contributed by atoms with Crippen molar-refractivity contribution in [2.45, 2.75) is 34.6 Å². The van der Waals surface area contributed by atoms with E-state index in [-0.39, 0.29) is 0 Å². The van der Waals surface area contributed by atoms with Crippen LogP contribution < -0.4 is 5.48 Å². The largest absolute Gasteiger partial charge is 0.300 e. The first-order valence-electron chi connectivity index (χ1n) is 8.88. The molecule has 27 heavy (non-hydrogen) atoms. The summed E-state index contributed by atoms with van der Waals surface area (Å²) in [5.74, 6) is 3.01. The van der Waals surface area contributed by atoms with Crippen molar-refractivity contribution in [3.63, 3.8) is 0 Å². The standard InChI is InChI=1S/C7H6O.C7H8.C5H12N2O.C4H10/c1-3-5-7(4-2)6-8;1-7-5-3-2-4-6-7;1-3-7-4-5-8-6-2;1-4(2)3/h2-3,5-6H,1H2;2-6H,1H3;3,6H,4-5H2,1-2H3;4H,1-3H3/b7-5+;;;. The third-order valence-electron chi connectivity index (χ3n) is 2.18. The molecule has 0 unspecified atom stereocenters. The average Bonchev–Trinajstić information content (AvgIpc) is 2.65. The van der Waals surface area contributed by atoms with Gasteiger partial charge in [-0.3, -0.25) is 9.79 Å². The third-order valence-corrected chi connectivity index (χ3v) is 2.18. The summed E-state index contributed by atoms with van der Waals surface area (Å²) in [6, 6.07) is 10.3. The van der Waals surface area contributed by atoms with Crippen LogP contribution in [-0.4, -0.2) is 32.7 Å². The Hall–Kier alpha value is -2.48. The Labute approximate surface area is 166 Å². The molecule has 0 saturated heterocycles. The summed E-state index contributed by atoms with van der Waals surface area (Å²) in [5, 5.41) is 0. The van der Waals surface area contributed by atoms with Crippen LogP contribution in [0.25, 0.3) is 0 Å². The van der Waals surface area contributed by atoms with E-state index in [0.717, 1.165) is 12.5 Å². The average molecular weight is 373 g/mol. The Kier molecular flexibility index (Phi) is 27.9. The second kappa shape index (κ2) is 25.8. The smallest absolute Gasteiger partial charge is 0.158 e. The van der Waals surface area contributed by atoms with Gasteiger partial charge in [0.1, 0.15) is 0 Å². The van der Waals surface area contributed by atoms with Crippen LogP contribution in [0, 0.1) is 25.2 Å². The highest BCUT2D eigenvalue weighted by atomic mass is 16.6. The zero-order valence-electron chi connectivity index (χ0n) is 17.7. The van der Waals surface area contributed by atoms with Crippen LogP contribution in [0.2, 0.25) is 0 Å². The molecule has 0 bridgehead atoms. The Morgan fingerprint density at radius 1 is 1.33 bits per heavy atom. The van der Waals surface area contributed by atoms with E-state index in [1.807, 2.05) is 25.1 Å². The van der Waals surface area contributed by atoms with E-state index in [0.29, 0.717) is 18.5 Å². The van der Waals surface area contributed by atoms with Gasteiger partial charge in [-0.15, -0.1) is 6.42 Å². The minimum atomic E-state index is 0.319. The number of aryl methyl sites for hydroxylation is 1. The molecule has 0 atom stereocenters. The number of terminal acetylenes is 1. The maximum Gasteiger partial charge on any atom is 0.158 e. The first kappa shape index (κ1) is 29.3. The number of carbonyl (C=O) groups is 1. The number of allylic oxidation sites excluding steroid dienone is 3. The topological polar surface area (TPSA) is 50.7 Å². The minimum Gasteiger partial charge on any atom is -0.300 e. The summed E-state index contributed by atoms with van der Waals surface area (Å²) >= 11 is 0. The molecule has 0 spiro atoms. The van der Waals surface area contributed by atoms with Crippen LogP contribution in [0.4, 0.5) is 0 Å². The molecule has 0 saturated carbocycles. The normalized spacial score (nSPS) is 9.63. The number of nitrogens with zero attached hydrogens (tertiary/aromatic N) is 1. The van der Waals surface area contributed by atoms with E-state index < -0.39 is 0 Å². The second-order valence-electron chi connectivity index (χ2n) is 5.72. The van der Waals surface area contributed by atoms with Crippen LogP contribution in [0.1, 0.15) is 33.3 Å². The maximum atomic E-state index is 9.87. The van der Waals surface area contributed by atoms with Crippen molar-refractivity contribution in [2.75, 3.05) is 20.2 Å². The fourth-order valence-corrected chi connectivity index (χ4v) is 1.11. The zero-order chi connectivity index (χ0) is 21.3. The Morgan fingerprint density at radius 2 is 1.89 bits per heavy atom. The minimum absolute atomic E-state index is 0.319. The van der Waals surface area contributed by atoms with Gasteiger partial charge in [0.25, 0.3) is 0 Å². The lowest BCUT2D eigenvalue weighted by molar-refractivity contribution is -0.104. The molecule has 1 N–H and O–H groups in total. The SMILES string of the molecule is C#C/C(C=O)=C\C=C.CC(C)C.CC=NCCONC.Cc1ccccc1. The van der Waals surface area contributed by atoms with E-state index in [4.69, 9.17) is 11.3 Å². The van der Waals surface area contributed by atoms with Gasteiger partial charge in [0.15, 0.2) is 6.29 Å². The summed E-state index contributed by atoms with van der Waals surface area (Å²) < 4.78 is 0. The molecule has 0 radical (unpaired) electrons. The van der Waals surface area contributed by atoms with E-state index >= 15 is 0 Å². The lowest BCUT2D eigenvalue weighted by Crippen LogP contribution is -2.09. The first-order chi connectivity index (χ1) is 12.9. The van der Waals surface area contributed by atoms with Crippen molar-refractivity contribution in [3.05, 3.63) is 60.2 Å². The second-order valence-corrected chi connectivity index (χ2v) is 5.72. The summed E-state index contributed by atoms with van der Waals surface area (Å²) in [5.41, 5.74) is 4.19. The van der Waals surface area contributed by atoms with Crippen LogP contribution >= 0.6 is 0 Å². The van der Waals surface area contributed by atoms with E-state index in [2.05, 4.69) is 62.8 Å². The molecule has 0 aliphatic heterocycles. The zero-order valence-corrected chi connectivity index (χ0v) is 17.7. The Bertz CT molecular complexity index is 538. The predicted octanol–water partition coefficient (Wildman–Crippen LogP) is 4.82. The van der Waals surface area contributed by atoms with Crippen molar-refractivity contribution < 1.29 is 9.63 Å². The number of aldehydes is 1. The molecule has 0 aromatic heterocycles. The van der Waals surface area contributed by atoms with E-state index in [1.54, 1.807) is 13.3 Å². The fourth-order valence-electron chi connectivity index (χ4n) is 1.11. The molecule has 0 aliphatic rings. The lowest BCUT2D eigenvalue weighted by atomic mass is 10.2. The molecule has 1 rings (SSSR count). The number of rotatable bonds is 6. The van der Waals surface area contributed by atoms with Gasteiger partial charge in [-0.2, -0.15) is 0 Å². The van der Waals surface area contributed by atoms with Gasteiger partial charge in [-0.05, 0) is 32.1 Å². The Morgan fingerprint density at radius 3 is 2.15 bits per heavy atom. The highest BCUT2D eigenvalue weighted by Gasteiger charge is 1.80. The molecule has 0 amide bonds. The van der Waals surface area contributed by atoms with Crippen LogP contribution in [0.15, 0.2) is 59.6 Å². The summed E-state index contributed by atoms with van der Waals surface area (Å²) in [6.45, 7) is 15.2. The van der Waals surface area contributed by atoms with Crippen molar-refractivity contribution in [1.82, 2.24) is 5.48 Å². The summed E-state index contributed by atoms with van der Waals surface area (Å²) in [6.07, 6.45) is 10.2. The Balaban J connectivity index is -0.000000292. The molecule has 150 valence electrons. The van der Waals surface area contributed by atoms with Crippen LogP contribution in [0.5, 0.6) is 0 Å².